The van der Waals surface area contributed by atoms with E-state index in [1.54, 1.807) is 31.2 Å². The molecule has 0 radical (unpaired) electrons. The molecule has 1 N–H and O–H groups in total. The molecule has 1 aromatic heterocycles. The zero-order chi connectivity index (χ0) is 26.5. The molecule has 3 amide bonds. The Labute approximate surface area is 226 Å². The van der Waals surface area contributed by atoms with E-state index in [1.807, 2.05) is 35.4 Å². The molecule has 3 heterocycles. The van der Waals surface area contributed by atoms with Crippen molar-refractivity contribution in [1.29, 1.82) is 0 Å². The van der Waals surface area contributed by atoms with Crippen LogP contribution in [0.2, 0.25) is 5.02 Å². The Morgan fingerprint density at radius 2 is 2.03 bits per heavy atom. The molecular formula is C27H31ClN4O4S. The summed E-state index contributed by atoms with van der Waals surface area (Å²) in [4.78, 5) is 45.8. The summed E-state index contributed by atoms with van der Waals surface area (Å²) in [5.41, 5.74) is 1.52. The number of benzene rings is 1. The van der Waals surface area contributed by atoms with Gasteiger partial charge in [-0.2, -0.15) is 0 Å². The van der Waals surface area contributed by atoms with Gasteiger partial charge in [0.15, 0.2) is 0 Å². The van der Waals surface area contributed by atoms with E-state index in [4.69, 9.17) is 16.3 Å². The third-order valence-electron chi connectivity index (χ3n) is 6.54. The van der Waals surface area contributed by atoms with Crippen LogP contribution in [0.1, 0.15) is 35.1 Å². The molecule has 0 unspecified atom stereocenters. The summed E-state index contributed by atoms with van der Waals surface area (Å²) in [5, 5.41) is 5.28. The fourth-order valence-corrected chi connectivity index (χ4v) is 5.74. The number of thiophene rings is 1. The summed E-state index contributed by atoms with van der Waals surface area (Å²) < 4.78 is 5.45. The van der Waals surface area contributed by atoms with E-state index in [9.17, 15) is 14.4 Å². The first kappa shape index (κ1) is 26.9. The van der Waals surface area contributed by atoms with Crippen molar-refractivity contribution in [2.24, 2.45) is 0 Å². The minimum Gasteiger partial charge on any atom is -0.463 e. The molecule has 4 rings (SSSR count). The number of carbonyl (C=O) groups is 3. The van der Waals surface area contributed by atoms with Crippen molar-refractivity contribution in [3.63, 3.8) is 0 Å². The lowest BCUT2D eigenvalue weighted by Gasteiger charge is -2.42. The lowest BCUT2D eigenvalue weighted by molar-refractivity contribution is -0.139. The summed E-state index contributed by atoms with van der Waals surface area (Å²) in [7, 11) is 0. The van der Waals surface area contributed by atoms with Crippen LogP contribution in [0.25, 0.3) is 0 Å². The molecule has 2 atom stereocenters. The molecule has 0 spiro atoms. The maximum absolute atomic E-state index is 13.3. The number of carbonyl (C=O) groups excluding carboxylic acids is 3. The zero-order valence-corrected chi connectivity index (χ0v) is 22.6. The van der Waals surface area contributed by atoms with Crippen molar-refractivity contribution < 1.29 is 19.1 Å². The highest BCUT2D eigenvalue weighted by Crippen LogP contribution is 2.35. The van der Waals surface area contributed by atoms with Crippen molar-refractivity contribution in [3.8, 4) is 0 Å². The number of amides is 3. The van der Waals surface area contributed by atoms with Crippen LogP contribution in [0.3, 0.4) is 0 Å². The van der Waals surface area contributed by atoms with Gasteiger partial charge in [0.1, 0.15) is 0 Å². The number of urea groups is 1. The number of esters is 1. The average molecular weight is 543 g/mol. The highest BCUT2D eigenvalue weighted by Gasteiger charge is 2.40. The zero-order valence-electron chi connectivity index (χ0n) is 21.0. The van der Waals surface area contributed by atoms with Crippen molar-refractivity contribution >= 4 is 40.8 Å². The van der Waals surface area contributed by atoms with Gasteiger partial charge in [0.25, 0.3) is 5.91 Å². The topological polar surface area (TPSA) is 82.2 Å². The highest BCUT2D eigenvalue weighted by atomic mass is 35.5. The number of hydrogen-bond acceptors (Lipinski definition) is 6. The van der Waals surface area contributed by atoms with Crippen LogP contribution in [0.5, 0.6) is 0 Å². The number of nitrogens with zero attached hydrogens (tertiary/aromatic N) is 3. The Morgan fingerprint density at radius 1 is 1.24 bits per heavy atom. The minimum atomic E-state index is -0.754. The average Bonchev–Trinajstić information content (AvgIpc) is 3.41. The van der Waals surface area contributed by atoms with Crippen LogP contribution in [-0.2, 0) is 9.53 Å². The molecule has 0 aliphatic carbocycles. The molecule has 0 bridgehead atoms. The lowest BCUT2D eigenvalue weighted by Crippen LogP contribution is -2.56. The van der Waals surface area contributed by atoms with Gasteiger partial charge in [-0.05, 0) is 36.9 Å². The van der Waals surface area contributed by atoms with E-state index in [2.05, 4.69) is 16.8 Å². The number of hydrogen-bond donors (Lipinski definition) is 1. The normalized spacial score (nSPS) is 20.6. The highest BCUT2D eigenvalue weighted by molar-refractivity contribution is 7.12. The molecule has 8 nitrogen and oxygen atoms in total. The second-order valence-electron chi connectivity index (χ2n) is 8.94. The van der Waals surface area contributed by atoms with E-state index in [0.29, 0.717) is 48.0 Å². The molecule has 2 aliphatic heterocycles. The number of halogens is 1. The Morgan fingerprint density at radius 3 is 2.68 bits per heavy atom. The van der Waals surface area contributed by atoms with E-state index >= 15 is 0 Å². The van der Waals surface area contributed by atoms with Gasteiger partial charge in [-0.25, -0.2) is 9.59 Å². The van der Waals surface area contributed by atoms with Gasteiger partial charge in [-0.15, -0.1) is 17.9 Å². The first-order valence-electron chi connectivity index (χ1n) is 12.3. The summed E-state index contributed by atoms with van der Waals surface area (Å²) in [5.74, 6) is -0.478. The minimum absolute atomic E-state index is 0.0256. The molecule has 2 aliphatic rings. The van der Waals surface area contributed by atoms with E-state index in [1.165, 1.54) is 16.2 Å². The summed E-state index contributed by atoms with van der Waals surface area (Å²) in [6.07, 6.45) is 1.62. The van der Waals surface area contributed by atoms with Crippen molar-refractivity contribution in [1.82, 2.24) is 20.0 Å². The van der Waals surface area contributed by atoms with Crippen LogP contribution in [-0.4, -0.2) is 78.0 Å². The first-order chi connectivity index (χ1) is 17.8. The van der Waals surface area contributed by atoms with Crippen LogP contribution >= 0.6 is 22.9 Å². The number of nitrogens with one attached hydrogen (secondary N) is 1. The molecule has 196 valence electrons. The van der Waals surface area contributed by atoms with Gasteiger partial charge in [-0.1, -0.05) is 41.9 Å². The largest absolute Gasteiger partial charge is 0.463 e. The Balaban J connectivity index is 1.68. The molecule has 10 heteroatoms. The fraction of sp³-hybridized carbons (Fsp3) is 0.370. The van der Waals surface area contributed by atoms with Crippen LogP contribution in [0.15, 0.2) is 65.7 Å². The van der Waals surface area contributed by atoms with Gasteiger partial charge in [-0.3, -0.25) is 14.6 Å². The van der Waals surface area contributed by atoms with Gasteiger partial charge >= 0.3 is 12.0 Å². The van der Waals surface area contributed by atoms with Gasteiger partial charge < -0.3 is 15.0 Å². The van der Waals surface area contributed by atoms with Crippen molar-refractivity contribution in [3.05, 3.63) is 81.2 Å². The Hall–Kier alpha value is -3.14. The summed E-state index contributed by atoms with van der Waals surface area (Å²) in [6, 6.07) is 9.72. The number of rotatable bonds is 8. The summed E-state index contributed by atoms with van der Waals surface area (Å²) in [6.45, 7) is 10.1. The lowest BCUT2D eigenvalue weighted by atomic mass is 9.94. The van der Waals surface area contributed by atoms with Gasteiger partial charge in [0.05, 0.1) is 23.1 Å². The fourth-order valence-electron chi connectivity index (χ4n) is 4.82. The third kappa shape index (κ3) is 5.74. The molecule has 2 aromatic rings. The standard InChI is InChI=1S/C27H31ClN4O4S/c1-4-12-32-21(17-30-13-14-31(18(3)16-30)25(33)22-11-8-15-37-22)23(26(34)36-5-2)24(29-27(32)35)19-9-6-7-10-20(19)28/h4,6-11,15,18,24H,1,5,12-14,16-17H2,2-3H3,(H,29,35)/t18-,24+/m1/s1. The van der Waals surface area contributed by atoms with Crippen LogP contribution in [0.4, 0.5) is 4.79 Å². The molecule has 37 heavy (non-hydrogen) atoms. The predicted octanol–water partition coefficient (Wildman–Crippen LogP) is 4.32. The smallest absolute Gasteiger partial charge is 0.338 e. The third-order valence-corrected chi connectivity index (χ3v) is 7.74. The second-order valence-corrected chi connectivity index (χ2v) is 10.3. The molecule has 1 saturated heterocycles. The SMILES string of the molecule is C=CCN1C(=O)N[C@@H](c2ccccc2Cl)C(C(=O)OCC)=C1CN1CCN(C(=O)c2cccs2)[C@H](C)C1. The molecule has 1 aromatic carbocycles. The maximum Gasteiger partial charge on any atom is 0.338 e. The Kier molecular flexibility index (Phi) is 8.68. The molecule has 0 saturated carbocycles. The molecule has 1 fully saturated rings. The van der Waals surface area contributed by atoms with E-state index in [-0.39, 0.29) is 31.1 Å². The van der Waals surface area contributed by atoms with E-state index in [0.717, 1.165) is 4.88 Å². The number of piperazine rings is 1. The van der Waals surface area contributed by atoms with Crippen LogP contribution < -0.4 is 5.32 Å². The van der Waals surface area contributed by atoms with Crippen molar-refractivity contribution in [2.45, 2.75) is 25.9 Å². The second kappa shape index (κ2) is 11.9. The van der Waals surface area contributed by atoms with E-state index < -0.39 is 12.0 Å². The van der Waals surface area contributed by atoms with Crippen molar-refractivity contribution in [2.75, 3.05) is 39.3 Å². The first-order valence-corrected chi connectivity index (χ1v) is 13.5. The number of ether oxygens (including phenoxy) is 1. The van der Waals surface area contributed by atoms with Gasteiger partial charge in [0, 0.05) is 49.5 Å². The Bertz CT molecular complexity index is 1200. The maximum atomic E-state index is 13.3. The predicted molar refractivity (Wildman–Crippen MR) is 145 cm³/mol. The quantitative estimate of drug-likeness (QED) is 0.397. The monoisotopic (exact) mass is 542 g/mol. The van der Waals surface area contributed by atoms with Crippen LogP contribution in [0, 0.1) is 0 Å². The molecular weight excluding hydrogens is 512 g/mol. The van der Waals surface area contributed by atoms with Gasteiger partial charge in [0.2, 0.25) is 0 Å². The summed E-state index contributed by atoms with van der Waals surface area (Å²) >= 11 is 7.93.